The van der Waals surface area contributed by atoms with Crippen LogP contribution < -0.4 is 5.32 Å². The van der Waals surface area contributed by atoms with Crippen molar-refractivity contribution in [3.8, 4) is 0 Å². The highest BCUT2D eigenvalue weighted by atomic mass is 35.5. The van der Waals surface area contributed by atoms with Crippen molar-refractivity contribution in [1.82, 2.24) is 14.5 Å². The van der Waals surface area contributed by atoms with Crippen molar-refractivity contribution in [1.29, 1.82) is 0 Å². The minimum atomic E-state index is -3.65. The van der Waals surface area contributed by atoms with Gasteiger partial charge in [-0.05, 0) is 48.1 Å². The second-order valence-corrected chi connectivity index (χ2v) is 13.4. The maximum atomic E-state index is 13.2. The number of piperidine rings is 1. The third-order valence-electron chi connectivity index (χ3n) is 5.71. The lowest BCUT2D eigenvalue weighted by molar-refractivity contribution is 0.101. The maximum Gasteiger partial charge on any atom is 0.243 e. The van der Waals surface area contributed by atoms with Crippen LogP contribution in [0.25, 0.3) is 0 Å². The summed E-state index contributed by atoms with van der Waals surface area (Å²) in [5.74, 6) is 1.14. The number of carbonyl (C=O) groups is 1. The Labute approximate surface area is 219 Å². The average Bonchev–Trinajstić information content (AvgIpc) is 3.29. The highest BCUT2D eigenvalue weighted by molar-refractivity contribution is 8.00. The SMILES string of the molecule is CC1CC(C)CN(S(=O)(=O)c2cccc(C(=O)CNc3nnc(SCc4ccc(Cl)cc4)s3)c2)C1. The van der Waals surface area contributed by atoms with E-state index < -0.39 is 10.0 Å². The molecule has 0 saturated carbocycles. The van der Waals surface area contributed by atoms with Gasteiger partial charge in [-0.25, -0.2) is 8.42 Å². The summed E-state index contributed by atoms with van der Waals surface area (Å²) in [7, 11) is -3.65. The summed E-state index contributed by atoms with van der Waals surface area (Å²) < 4.78 is 28.7. The zero-order valence-electron chi connectivity index (χ0n) is 19.5. The summed E-state index contributed by atoms with van der Waals surface area (Å²) in [4.78, 5) is 12.9. The summed E-state index contributed by atoms with van der Waals surface area (Å²) in [5.41, 5.74) is 1.47. The summed E-state index contributed by atoms with van der Waals surface area (Å²) >= 11 is 8.84. The van der Waals surface area contributed by atoms with Crippen molar-refractivity contribution < 1.29 is 13.2 Å². The van der Waals surface area contributed by atoms with E-state index in [2.05, 4.69) is 29.4 Å². The molecule has 0 amide bonds. The first kappa shape index (κ1) is 26.1. The molecule has 1 aliphatic rings. The van der Waals surface area contributed by atoms with Crippen LogP contribution in [0.3, 0.4) is 0 Å². The number of hydrogen-bond donors (Lipinski definition) is 1. The van der Waals surface area contributed by atoms with E-state index in [1.54, 1.807) is 30.0 Å². The third-order valence-corrected chi connectivity index (χ3v) is 9.88. The first-order chi connectivity index (χ1) is 16.7. The van der Waals surface area contributed by atoms with Crippen molar-refractivity contribution in [2.45, 2.75) is 35.3 Å². The Bertz CT molecular complexity index is 1270. The number of sulfonamides is 1. The molecule has 0 bridgehead atoms. The Morgan fingerprint density at radius 1 is 1.14 bits per heavy atom. The lowest BCUT2D eigenvalue weighted by Crippen LogP contribution is -2.42. The molecule has 1 aromatic heterocycles. The molecule has 1 N–H and O–H groups in total. The number of Topliss-reactive ketones (excluding diaryl/α,β-unsaturated/α-hetero) is 1. The number of thioether (sulfide) groups is 1. The third kappa shape index (κ3) is 6.83. The molecule has 3 aromatic rings. The molecule has 2 atom stereocenters. The molecule has 0 radical (unpaired) electrons. The van der Waals surface area contributed by atoms with Crippen LogP contribution in [-0.2, 0) is 15.8 Å². The molecule has 2 unspecified atom stereocenters. The van der Waals surface area contributed by atoms with Gasteiger partial charge in [-0.3, -0.25) is 4.79 Å². The molecule has 11 heteroatoms. The smallest absolute Gasteiger partial charge is 0.243 e. The van der Waals surface area contributed by atoms with Crippen molar-refractivity contribution in [3.05, 3.63) is 64.7 Å². The second-order valence-electron chi connectivity index (χ2n) is 8.86. The van der Waals surface area contributed by atoms with Crippen molar-refractivity contribution in [2.24, 2.45) is 11.8 Å². The molecule has 35 heavy (non-hydrogen) atoms. The number of halogens is 1. The molecule has 4 rings (SSSR count). The van der Waals surface area contributed by atoms with E-state index in [9.17, 15) is 13.2 Å². The lowest BCUT2D eigenvalue weighted by Gasteiger charge is -2.34. The highest BCUT2D eigenvalue weighted by Crippen LogP contribution is 2.29. The largest absolute Gasteiger partial charge is 0.353 e. The number of benzene rings is 2. The van der Waals surface area contributed by atoms with Gasteiger partial charge in [-0.1, -0.05) is 72.8 Å². The Morgan fingerprint density at radius 3 is 2.57 bits per heavy atom. The number of aromatic nitrogens is 2. The number of anilines is 1. The summed E-state index contributed by atoms with van der Waals surface area (Å²) in [5, 5.41) is 12.5. The van der Waals surface area contributed by atoms with E-state index in [1.165, 1.54) is 21.7 Å². The summed E-state index contributed by atoms with van der Waals surface area (Å²) in [6.45, 7) is 5.14. The van der Waals surface area contributed by atoms with Crippen LogP contribution >= 0.6 is 34.7 Å². The van der Waals surface area contributed by atoms with Gasteiger partial charge < -0.3 is 5.32 Å². The predicted molar refractivity (Wildman–Crippen MR) is 142 cm³/mol. The van der Waals surface area contributed by atoms with Gasteiger partial charge in [0.2, 0.25) is 15.2 Å². The molecule has 186 valence electrons. The van der Waals surface area contributed by atoms with E-state index in [0.717, 1.165) is 22.1 Å². The zero-order valence-corrected chi connectivity index (χ0v) is 22.7. The van der Waals surface area contributed by atoms with Crippen LogP contribution in [0.2, 0.25) is 5.02 Å². The van der Waals surface area contributed by atoms with Crippen LogP contribution in [0, 0.1) is 11.8 Å². The molecule has 1 aliphatic heterocycles. The number of carbonyl (C=O) groups excluding carboxylic acids is 1. The summed E-state index contributed by atoms with van der Waals surface area (Å²) in [6.07, 6.45) is 1.02. The topological polar surface area (TPSA) is 92.3 Å². The normalized spacial score (nSPS) is 18.9. The molecule has 0 aliphatic carbocycles. The Morgan fingerprint density at radius 2 is 1.86 bits per heavy atom. The molecule has 0 spiro atoms. The second kappa shape index (κ2) is 11.4. The van der Waals surface area contributed by atoms with Gasteiger partial charge in [0.15, 0.2) is 10.1 Å². The molecular formula is C24H27ClN4O3S3. The molecule has 7 nitrogen and oxygen atoms in total. The van der Waals surface area contributed by atoms with Gasteiger partial charge >= 0.3 is 0 Å². The fraction of sp³-hybridized carbons (Fsp3) is 0.375. The minimum Gasteiger partial charge on any atom is -0.353 e. The zero-order chi connectivity index (χ0) is 25.0. The first-order valence-electron chi connectivity index (χ1n) is 11.3. The van der Waals surface area contributed by atoms with Gasteiger partial charge in [0.25, 0.3) is 0 Å². The van der Waals surface area contributed by atoms with Crippen molar-refractivity contribution >= 4 is 55.6 Å². The van der Waals surface area contributed by atoms with E-state index in [-0.39, 0.29) is 17.2 Å². The Balaban J connectivity index is 1.35. The summed E-state index contributed by atoms with van der Waals surface area (Å²) in [6, 6.07) is 13.9. The van der Waals surface area contributed by atoms with E-state index in [4.69, 9.17) is 11.6 Å². The number of ketones is 1. The minimum absolute atomic E-state index is 0.00221. The van der Waals surface area contributed by atoms with Crippen molar-refractivity contribution in [3.63, 3.8) is 0 Å². The van der Waals surface area contributed by atoms with E-state index in [0.29, 0.717) is 40.6 Å². The monoisotopic (exact) mass is 550 g/mol. The molecule has 2 heterocycles. The highest BCUT2D eigenvalue weighted by Gasteiger charge is 2.32. The maximum absolute atomic E-state index is 13.2. The van der Waals surface area contributed by atoms with Crippen LogP contribution in [0.15, 0.2) is 57.8 Å². The number of nitrogens with one attached hydrogen (secondary N) is 1. The number of rotatable bonds is 9. The van der Waals surface area contributed by atoms with Crippen LogP contribution in [0.4, 0.5) is 5.13 Å². The van der Waals surface area contributed by atoms with E-state index >= 15 is 0 Å². The molecule has 1 saturated heterocycles. The average molecular weight is 551 g/mol. The first-order valence-corrected chi connectivity index (χ1v) is 14.9. The van der Waals surface area contributed by atoms with Gasteiger partial charge in [0.05, 0.1) is 11.4 Å². The Kier molecular flexibility index (Phi) is 8.49. The fourth-order valence-corrected chi connectivity index (χ4v) is 7.66. The molecule has 2 aromatic carbocycles. The van der Waals surface area contributed by atoms with Gasteiger partial charge in [-0.2, -0.15) is 4.31 Å². The number of hydrogen-bond acceptors (Lipinski definition) is 8. The van der Waals surface area contributed by atoms with E-state index in [1.807, 2.05) is 24.3 Å². The molecule has 1 fully saturated rings. The van der Waals surface area contributed by atoms with Gasteiger partial charge in [0, 0.05) is 29.4 Å². The molecular weight excluding hydrogens is 524 g/mol. The van der Waals surface area contributed by atoms with Crippen molar-refractivity contribution in [2.75, 3.05) is 25.0 Å². The lowest BCUT2D eigenvalue weighted by atomic mass is 9.94. The predicted octanol–water partition coefficient (Wildman–Crippen LogP) is 5.45. The van der Waals surface area contributed by atoms with Crippen LogP contribution in [-0.4, -0.2) is 48.3 Å². The van der Waals surface area contributed by atoms with Crippen LogP contribution in [0.5, 0.6) is 0 Å². The number of nitrogens with zero attached hydrogens (tertiary/aromatic N) is 3. The quantitative estimate of drug-likeness (QED) is 0.280. The van der Waals surface area contributed by atoms with Gasteiger partial charge in [-0.15, -0.1) is 10.2 Å². The van der Waals surface area contributed by atoms with Gasteiger partial charge in [0.1, 0.15) is 0 Å². The Hall–Kier alpha value is -1.98. The fourth-order valence-electron chi connectivity index (χ4n) is 4.10. The van der Waals surface area contributed by atoms with Crippen LogP contribution in [0.1, 0.15) is 36.2 Å². The standard InChI is InChI=1S/C24H27ClN4O3S3/c1-16-10-17(2)14-29(13-16)35(31,32)21-5-3-4-19(11-21)22(30)12-26-23-27-28-24(34-23)33-15-18-6-8-20(25)9-7-18/h3-9,11,16-17H,10,12-15H2,1-2H3,(H,26,27).